The molecular formula is C20H27NO3S. The van der Waals surface area contributed by atoms with Gasteiger partial charge in [-0.3, -0.25) is 4.79 Å². The Hall–Kier alpha value is -1.36. The van der Waals surface area contributed by atoms with Crippen LogP contribution in [-0.2, 0) is 21.2 Å². The number of hydrogen-bond donors (Lipinski definition) is 0. The lowest BCUT2D eigenvalue weighted by atomic mass is 9.69. The molecule has 2 aliphatic carbocycles. The Kier molecular flexibility index (Phi) is 3.63. The van der Waals surface area contributed by atoms with E-state index in [0.717, 1.165) is 24.8 Å². The zero-order chi connectivity index (χ0) is 18.0. The highest BCUT2D eigenvalue weighted by atomic mass is 32.2. The summed E-state index contributed by atoms with van der Waals surface area (Å²) in [5, 5.41) is 0. The summed E-state index contributed by atoms with van der Waals surface area (Å²) >= 11 is 0. The van der Waals surface area contributed by atoms with Crippen molar-refractivity contribution in [3.8, 4) is 0 Å². The van der Waals surface area contributed by atoms with Crippen molar-refractivity contribution in [3.05, 3.63) is 35.9 Å². The van der Waals surface area contributed by atoms with Crippen LogP contribution in [0.3, 0.4) is 0 Å². The Labute approximate surface area is 150 Å². The topological polar surface area (TPSA) is 54.5 Å². The number of hydrogen-bond acceptors (Lipinski definition) is 3. The highest BCUT2D eigenvalue weighted by Crippen LogP contribution is 2.70. The van der Waals surface area contributed by atoms with Crippen LogP contribution in [-0.4, -0.2) is 30.4 Å². The van der Waals surface area contributed by atoms with E-state index in [9.17, 15) is 13.2 Å². The van der Waals surface area contributed by atoms with Gasteiger partial charge in [0.25, 0.3) is 0 Å². The summed E-state index contributed by atoms with van der Waals surface area (Å²) in [4.78, 5) is 13.1. The van der Waals surface area contributed by atoms with Gasteiger partial charge < -0.3 is 0 Å². The molecule has 3 aliphatic rings. The molecule has 1 aliphatic heterocycles. The molecule has 0 N–H and O–H groups in total. The standard InChI is InChI=1S/C20H27NO3S/c1-14(11-15-7-5-4-6-8-15)18(22)21-17-12-16-9-10-20(17,19(16,2)3)13-25(21,23)24/h4-8,14,16-17H,9-13H2,1-3H3/t14-,16+,17+,20+/m0/s1. The molecule has 0 aromatic heterocycles. The van der Waals surface area contributed by atoms with E-state index in [2.05, 4.69) is 13.8 Å². The molecule has 25 heavy (non-hydrogen) atoms. The Bertz CT molecular complexity index is 801. The van der Waals surface area contributed by atoms with Gasteiger partial charge in [-0.2, -0.15) is 0 Å². The van der Waals surface area contributed by atoms with Crippen molar-refractivity contribution in [2.24, 2.45) is 22.7 Å². The highest BCUT2D eigenvalue weighted by molar-refractivity contribution is 7.90. The maximum atomic E-state index is 13.1. The minimum Gasteiger partial charge on any atom is -0.273 e. The van der Waals surface area contributed by atoms with Crippen molar-refractivity contribution in [2.45, 2.75) is 52.5 Å². The summed E-state index contributed by atoms with van der Waals surface area (Å²) in [7, 11) is -3.51. The maximum Gasteiger partial charge on any atom is 0.239 e. The van der Waals surface area contributed by atoms with Crippen molar-refractivity contribution in [1.29, 1.82) is 0 Å². The van der Waals surface area contributed by atoms with Gasteiger partial charge in [0.05, 0.1) is 11.8 Å². The first-order valence-electron chi connectivity index (χ1n) is 9.29. The average Bonchev–Trinajstić information content (AvgIpc) is 3.02. The minimum absolute atomic E-state index is 0.00242. The molecule has 4 nitrogen and oxygen atoms in total. The summed E-state index contributed by atoms with van der Waals surface area (Å²) in [6.45, 7) is 6.28. The molecule has 4 rings (SSSR count). The molecule has 136 valence electrons. The number of nitrogens with zero attached hydrogens (tertiary/aromatic N) is 1. The molecule has 1 spiro atoms. The first-order chi connectivity index (χ1) is 11.7. The quantitative estimate of drug-likeness (QED) is 0.830. The molecule has 0 radical (unpaired) electrons. The van der Waals surface area contributed by atoms with Crippen molar-refractivity contribution >= 4 is 15.9 Å². The molecule has 1 saturated heterocycles. The zero-order valence-electron chi connectivity index (χ0n) is 15.2. The fourth-order valence-corrected chi connectivity index (χ4v) is 8.48. The number of amides is 1. The predicted octanol–water partition coefficient (Wildman–Crippen LogP) is 3.23. The fourth-order valence-electron chi connectivity index (χ4n) is 5.85. The van der Waals surface area contributed by atoms with E-state index in [-0.39, 0.29) is 34.4 Å². The van der Waals surface area contributed by atoms with Gasteiger partial charge in [-0.05, 0) is 42.6 Å². The second kappa shape index (κ2) is 5.32. The molecule has 1 heterocycles. The van der Waals surface area contributed by atoms with Crippen molar-refractivity contribution < 1.29 is 13.2 Å². The van der Waals surface area contributed by atoms with E-state index in [1.165, 1.54) is 4.31 Å². The second-order valence-corrected chi connectivity index (χ2v) is 10.7. The number of rotatable bonds is 3. The van der Waals surface area contributed by atoms with Gasteiger partial charge in [0, 0.05) is 11.3 Å². The summed E-state index contributed by atoms with van der Waals surface area (Å²) in [6.07, 6.45) is 3.46. The number of sulfonamides is 1. The van der Waals surface area contributed by atoms with Crippen LogP contribution < -0.4 is 0 Å². The Morgan fingerprint density at radius 1 is 1.28 bits per heavy atom. The minimum atomic E-state index is -3.51. The fraction of sp³-hybridized carbons (Fsp3) is 0.650. The van der Waals surface area contributed by atoms with Gasteiger partial charge in [0.2, 0.25) is 15.9 Å². The smallest absolute Gasteiger partial charge is 0.239 e. The molecule has 5 heteroatoms. The number of benzene rings is 1. The molecule has 3 fully saturated rings. The third-order valence-corrected chi connectivity index (χ3v) is 9.35. The van der Waals surface area contributed by atoms with E-state index in [1.54, 1.807) is 0 Å². The van der Waals surface area contributed by atoms with Crippen LogP contribution >= 0.6 is 0 Å². The molecule has 0 unspecified atom stereocenters. The first kappa shape index (κ1) is 17.1. The second-order valence-electron chi connectivity index (χ2n) is 8.85. The van der Waals surface area contributed by atoms with Gasteiger partial charge in [-0.25, -0.2) is 12.7 Å². The van der Waals surface area contributed by atoms with Gasteiger partial charge in [-0.1, -0.05) is 51.1 Å². The van der Waals surface area contributed by atoms with Crippen LogP contribution in [0, 0.1) is 22.7 Å². The Balaban J connectivity index is 1.63. The molecule has 2 saturated carbocycles. The van der Waals surface area contributed by atoms with E-state index in [1.807, 2.05) is 37.3 Å². The van der Waals surface area contributed by atoms with E-state index in [4.69, 9.17) is 0 Å². The molecule has 2 bridgehead atoms. The lowest BCUT2D eigenvalue weighted by molar-refractivity contribution is -0.132. The van der Waals surface area contributed by atoms with Gasteiger partial charge in [-0.15, -0.1) is 0 Å². The van der Waals surface area contributed by atoms with Crippen LogP contribution in [0.25, 0.3) is 0 Å². The van der Waals surface area contributed by atoms with Crippen LogP contribution in [0.4, 0.5) is 0 Å². The SMILES string of the molecule is C[C@@H](Cc1ccccc1)C(=O)N1[C@@H]2C[C@H]3CC[C@]2(CS1(=O)=O)C3(C)C. The van der Waals surface area contributed by atoms with Gasteiger partial charge >= 0.3 is 0 Å². The average molecular weight is 362 g/mol. The van der Waals surface area contributed by atoms with Gasteiger partial charge in [0.15, 0.2) is 0 Å². The van der Waals surface area contributed by atoms with Crippen LogP contribution in [0.15, 0.2) is 30.3 Å². The molecule has 1 aromatic carbocycles. The Morgan fingerprint density at radius 3 is 2.60 bits per heavy atom. The predicted molar refractivity (Wildman–Crippen MR) is 97.3 cm³/mol. The van der Waals surface area contributed by atoms with Gasteiger partial charge in [0.1, 0.15) is 0 Å². The van der Waals surface area contributed by atoms with Crippen LogP contribution in [0.2, 0.25) is 0 Å². The largest absolute Gasteiger partial charge is 0.273 e. The third kappa shape index (κ3) is 2.24. The van der Waals surface area contributed by atoms with Crippen molar-refractivity contribution in [2.75, 3.05) is 5.75 Å². The van der Waals surface area contributed by atoms with Crippen LogP contribution in [0.5, 0.6) is 0 Å². The van der Waals surface area contributed by atoms with E-state index < -0.39 is 10.0 Å². The summed E-state index contributed by atoms with van der Waals surface area (Å²) in [5.74, 6) is 0.147. The maximum absolute atomic E-state index is 13.1. The Morgan fingerprint density at radius 2 is 1.96 bits per heavy atom. The lowest BCUT2D eigenvalue weighted by Crippen LogP contribution is -2.46. The molecule has 4 atom stereocenters. The monoisotopic (exact) mass is 361 g/mol. The number of carbonyl (C=O) groups is 1. The van der Waals surface area contributed by atoms with Crippen molar-refractivity contribution in [3.63, 3.8) is 0 Å². The molecular weight excluding hydrogens is 334 g/mol. The number of fused-ring (bicyclic) bond motifs is 1. The lowest BCUT2D eigenvalue weighted by Gasteiger charge is -2.37. The summed E-state index contributed by atoms with van der Waals surface area (Å²) in [6, 6.07) is 9.70. The van der Waals surface area contributed by atoms with Crippen molar-refractivity contribution in [1.82, 2.24) is 4.31 Å². The normalized spacial score (nSPS) is 35.6. The molecule has 1 amide bonds. The highest BCUT2D eigenvalue weighted by Gasteiger charge is 2.72. The van der Waals surface area contributed by atoms with E-state index in [0.29, 0.717) is 12.3 Å². The number of carbonyl (C=O) groups excluding carboxylic acids is 1. The first-order valence-corrected chi connectivity index (χ1v) is 10.9. The van der Waals surface area contributed by atoms with Crippen LogP contribution in [0.1, 0.15) is 45.6 Å². The third-order valence-electron chi connectivity index (χ3n) is 7.43. The molecule has 1 aromatic rings. The zero-order valence-corrected chi connectivity index (χ0v) is 16.1. The summed E-state index contributed by atoms with van der Waals surface area (Å²) < 4.78 is 27.2. The van der Waals surface area contributed by atoms with E-state index >= 15 is 0 Å². The summed E-state index contributed by atoms with van der Waals surface area (Å²) in [5.41, 5.74) is 0.837.